The third-order valence-electron chi connectivity index (χ3n) is 3.31. The average Bonchev–Trinajstić information content (AvgIpc) is 2.84. The topological polar surface area (TPSA) is 50.5 Å². The summed E-state index contributed by atoms with van der Waals surface area (Å²) in [5, 5.41) is 4.20. The number of nitrogens with one attached hydrogen (secondary N) is 1. The molecule has 1 fully saturated rings. The highest BCUT2D eigenvalue weighted by atomic mass is 32.1. The molecule has 2 heterocycles. The highest BCUT2D eigenvalue weighted by molar-refractivity contribution is 7.07. The van der Waals surface area contributed by atoms with E-state index in [0.717, 1.165) is 19.7 Å². The Morgan fingerprint density at radius 3 is 3.00 bits per heavy atom. The maximum atomic E-state index is 5.86. The van der Waals surface area contributed by atoms with E-state index >= 15 is 0 Å². The molecule has 5 heteroatoms. The van der Waals surface area contributed by atoms with Crippen LogP contribution in [0.2, 0.25) is 0 Å². The minimum Gasteiger partial charge on any atom is -0.374 e. The van der Waals surface area contributed by atoms with Crippen molar-refractivity contribution < 1.29 is 4.74 Å². The first-order valence-corrected chi connectivity index (χ1v) is 7.00. The van der Waals surface area contributed by atoms with E-state index in [-0.39, 0.29) is 12.1 Å². The Morgan fingerprint density at radius 2 is 2.41 bits per heavy atom. The molecule has 2 atom stereocenters. The number of ether oxygens (including phenoxy) is 1. The Balaban J connectivity index is 2.04. The molecule has 0 bridgehead atoms. The van der Waals surface area contributed by atoms with Gasteiger partial charge in [-0.05, 0) is 36.2 Å². The third kappa shape index (κ3) is 3.05. The van der Waals surface area contributed by atoms with Gasteiger partial charge in [-0.25, -0.2) is 0 Å². The van der Waals surface area contributed by atoms with E-state index in [1.54, 1.807) is 11.3 Å². The van der Waals surface area contributed by atoms with Gasteiger partial charge in [-0.3, -0.25) is 16.2 Å². The van der Waals surface area contributed by atoms with Crippen molar-refractivity contribution in [3.05, 3.63) is 22.4 Å². The molecule has 2 unspecified atom stereocenters. The van der Waals surface area contributed by atoms with Crippen LogP contribution in [0.5, 0.6) is 0 Å². The van der Waals surface area contributed by atoms with Crippen LogP contribution in [-0.4, -0.2) is 36.7 Å². The first kappa shape index (κ1) is 13.0. The van der Waals surface area contributed by atoms with Crippen molar-refractivity contribution in [1.82, 2.24) is 10.3 Å². The van der Waals surface area contributed by atoms with Gasteiger partial charge >= 0.3 is 0 Å². The minimum atomic E-state index is 0.0859. The highest BCUT2D eigenvalue weighted by Gasteiger charge is 2.29. The maximum Gasteiger partial charge on any atom is 0.0910 e. The van der Waals surface area contributed by atoms with Crippen LogP contribution in [-0.2, 0) is 4.74 Å². The zero-order valence-electron chi connectivity index (χ0n) is 10.4. The van der Waals surface area contributed by atoms with E-state index in [1.807, 2.05) is 0 Å². The summed E-state index contributed by atoms with van der Waals surface area (Å²) < 4.78 is 5.86. The van der Waals surface area contributed by atoms with Gasteiger partial charge in [-0.15, -0.1) is 0 Å². The predicted molar refractivity (Wildman–Crippen MR) is 70.8 cm³/mol. The van der Waals surface area contributed by atoms with E-state index < -0.39 is 0 Å². The molecule has 0 radical (unpaired) electrons. The molecule has 1 aliphatic rings. The van der Waals surface area contributed by atoms with Crippen LogP contribution in [0.1, 0.15) is 25.5 Å². The molecule has 0 spiro atoms. The molecule has 0 saturated carbocycles. The molecule has 3 N–H and O–H groups in total. The zero-order chi connectivity index (χ0) is 12.3. The van der Waals surface area contributed by atoms with Crippen LogP contribution in [0.3, 0.4) is 0 Å². The second-order valence-corrected chi connectivity index (χ2v) is 5.48. The molecule has 96 valence electrons. The van der Waals surface area contributed by atoms with E-state index in [1.165, 1.54) is 5.56 Å². The SMILES string of the molecule is CC(C)N1CCOC(C(NN)c2ccsc2)C1. The number of hydrogen-bond donors (Lipinski definition) is 2. The number of hydrogen-bond acceptors (Lipinski definition) is 5. The fourth-order valence-corrected chi connectivity index (χ4v) is 2.93. The molecule has 4 nitrogen and oxygen atoms in total. The lowest BCUT2D eigenvalue weighted by Gasteiger charge is -2.38. The normalized spacial score (nSPS) is 24.1. The average molecular weight is 255 g/mol. The molecular formula is C12H21N3OS. The summed E-state index contributed by atoms with van der Waals surface area (Å²) in [6.45, 7) is 7.17. The van der Waals surface area contributed by atoms with E-state index in [9.17, 15) is 0 Å². The summed E-state index contributed by atoms with van der Waals surface area (Å²) in [5.74, 6) is 5.67. The van der Waals surface area contributed by atoms with Gasteiger partial charge in [0, 0.05) is 19.1 Å². The number of nitrogens with zero attached hydrogens (tertiary/aromatic N) is 1. The summed E-state index contributed by atoms with van der Waals surface area (Å²) in [6, 6.07) is 2.75. The lowest BCUT2D eigenvalue weighted by molar-refractivity contribution is -0.0560. The second kappa shape index (κ2) is 5.93. The van der Waals surface area contributed by atoms with Crippen LogP contribution >= 0.6 is 11.3 Å². The number of rotatable bonds is 4. The zero-order valence-corrected chi connectivity index (χ0v) is 11.2. The quantitative estimate of drug-likeness (QED) is 0.630. The highest BCUT2D eigenvalue weighted by Crippen LogP contribution is 2.24. The van der Waals surface area contributed by atoms with Gasteiger partial charge in [0.1, 0.15) is 0 Å². The summed E-state index contributed by atoms with van der Waals surface area (Å²) in [6.07, 6.45) is 0.130. The van der Waals surface area contributed by atoms with Crippen molar-refractivity contribution >= 4 is 11.3 Å². The fourth-order valence-electron chi connectivity index (χ4n) is 2.24. The van der Waals surface area contributed by atoms with Crippen LogP contribution in [0.4, 0.5) is 0 Å². The van der Waals surface area contributed by atoms with Crippen molar-refractivity contribution in [2.45, 2.75) is 32.0 Å². The number of thiophene rings is 1. The molecule has 0 aliphatic carbocycles. The first-order chi connectivity index (χ1) is 8.22. The van der Waals surface area contributed by atoms with Gasteiger partial charge < -0.3 is 4.74 Å². The monoisotopic (exact) mass is 255 g/mol. The number of hydrazine groups is 1. The molecule has 1 aliphatic heterocycles. The lowest BCUT2D eigenvalue weighted by atomic mass is 10.0. The minimum absolute atomic E-state index is 0.0859. The van der Waals surface area contributed by atoms with Crippen molar-refractivity contribution in [3.8, 4) is 0 Å². The van der Waals surface area contributed by atoms with Crippen LogP contribution in [0.15, 0.2) is 16.8 Å². The molecule has 0 amide bonds. The fraction of sp³-hybridized carbons (Fsp3) is 0.667. The van der Waals surface area contributed by atoms with E-state index in [0.29, 0.717) is 6.04 Å². The van der Waals surface area contributed by atoms with E-state index in [4.69, 9.17) is 10.6 Å². The largest absolute Gasteiger partial charge is 0.374 e. The Hall–Kier alpha value is -0.460. The molecule has 0 aromatic carbocycles. The summed E-state index contributed by atoms with van der Waals surface area (Å²) in [7, 11) is 0. The Bertz CT molecular complexity index is 329. The van der Waals surface area contributed by atoms with Gasteiger partial charge in [-0.1, -0.05) is 0 Å². The van der Waals surface area contributed by atoms with Crippen molar-refractivity contribution in [1.29, 1.82) is 0 Å². The summed E-state index contributed by atoms with van der Waals surface area (Å²) in [4.78, 5) is 2.44. The van der Waals surface area contributed by atoms with Gasteiger partial charge in [-0.2, -0.15) is 11.3 Å². The number of nitrogens with two attached hydrogens (primary N) is 1. The van der Waals surface area contributed by atoms with Crippen LogP contribution < -0.4 is 11.3 Å². The smallest absolute Gasteiger partial charge is 0.0910 e. The first-order valence-electron chi connectivity index (χ1n) is 6.06. The maximum absolute atomic E-state index is 5.86. The van der Waals surface area contributed by atoms with Gasteiger partial charge in [0.2, 0.25) is 0 Å². The Morgan fingerprint density at radius 1 is 1.59 bits per heavy atom. The second-order valence-electron chi connectivity index (χ2n) is 4.70. The molecule has 1 aromatic heterocycles. The summed E-state index contributed by atoms with van der Waals surface area (Å²) in [5.41, 5.74) is 4.10. The standard InChI is InChI=1S/C12H21N3OS/c1-9(2)15-4-5-16-11(7-15)12(14-13)10-3-6-17-8-10/h3,6,8-9,11-12,14H,4-5,7,13H2,1-2H3. The van der Waals surface area contributed by atoms with Crippen LogP contribution in [0, 0.1) is 0 Å². The lowest BCUT2D eigenvalue weighted by Crippen LogP contribution is -2.51. The number of morpholine rings is 1. The van der Waals surface area contributed by atoms with Crippen molar-refractivity contribution in [3.63, 3.8) is 0 Å². The van der Waals surface area contributed by atoms with Gasteiger partial charge in [0.05, 0.1) is 18.8 Å². The molecule has 1 aromatic rings. The molecule has 2 rings (SSSR count). The molecule has 1 saturated heterocycles. The van der Waals surface area contributed by atoms with Gasteiger partial charge in [0.25, 0.3) is 0 Å². The van der Waals surface area contributed by atoms with Gasteiger partial charge in [0.15, 0.2) is 0 Å². The van der Waals surface area contributed by atoms with Crippen molar-refractivity contribution in [2.75, 3.05) is 19.7 Å². The molecule has 17 heavy (non-hydrogen) atoms. The third-order valence-corrected chi connectivity index (χ3v) is 4.01. The summed E-state index contributed by atoms with van der Waals surface area (Å²) >= 11 is 1.69. The Kier molecular flexibility index (Phi) is 4.53. The van der Waals surface area contributed by atoms with Crippen LogP contribution in [0.25, 0.3) is 0 Å². The Labute approximate surface area is 107 Å². The predicted octanol–water partition coefficient (Wildman–Crippen LogP) is 1.36. The molecular weight excluding hydrogens is 234 g/mol. The van der Waals surface area contributed by atoms with Crippen molar-refractivity contribution in [2.24, 2.45) is 5.84 Å². The van der Waals surface area contributed by atoms with E-state index in [2.05, 4.69) is 41.0 Å².